The van der Waals surface area contributed by atoms with Crippen molar-refractivity contribution in [1.29, 1.82) is 0 Å². The molecule has 0 saturated carbocycles. The van der Waals surface area contributed by atoms with Crippen molar-refractivity contribution in [3.05, 3.63) is 41.6 Å². The Labute approximate surface area is 103 Å². The normalized spacial score (nSPS) is 11.2. The number of aromatic nitrogens is 5. The molecule has 3 rings (SSSR count). The van der Waals surface area contributed by atoms with E-state index in [0.717, 1.165) is 16.9 Å². The summed E-state index contributed by atoms with van der Waals surface area (Å²) in [6, 6.07) is 5.58. The van der Waals surface area contributed by atoms with Gasteiger partial charge < -0.3 is 4.57 Å². The molecule has 0 bridgehead atoms. The molecule has 3 aromatic heterocycles. The van der Waals surface area contributed by atoms with Gasteiger partial charge >= 0.3 is 0 Å². The van der Waals surface area contributed by atoms with E-state index in [9.17, 15) is 0 Å². The first kappa shape index (κ1) is 10.3. The van der Waals surface area contributed by atoms with Crippen LogP contribution in [-0.2, 0) is 13.6 Å². The predicted octanol–water partition coefficient (Wildman–Crippen LogP) is 1.87. The number of pyridine rings is 1. The molecular formula is C11H10ClN5. The summed E-state index contributed by atoms with van der Waals surface area (Å²) in [5, 5.41) is 4.61. The van der Waals surface area contributed by atoms with Crippen LogP contribution >= 0.6 is 11.6 Å². The Balaban J connectivity index is 2.06. The van der Waals surface area contributed by atoms with Crippen molar-refractivity contribution in [1.82, 2.24) is 24.3 Å². The van der Waals surface area contributed by atoms with E-state index >= 15 is 0 Å². The average molecular weight is 248 g/mol. The predicted molar refractivity (Wildman–Crippen MR) is 64.8 cm³/mol. The van der Waals surface area contributed by atoms with Crippen LogP contribution in [-0.4, -0.2) is 24.3 Å². The zero-order chi connectivity index (χ0) is 11.8. The van der Waals surface area contributed by atoms with E-state index in [1.807, 2.05) is 28.4 Å². The van der Waals surface area contributed by atoms with Crippen molar-refractivity contribution >= 4 is 22.8 Å². The lowest BCUT2D eigenvalue weighted by atomic mass is 10.4. The summed E-state index contributed by atoms with van der Waals surface area (Å²) in [6.45, 7) is 0.681. The van der Waals surface area contributed by atoms with Gasteiger partial charge in [-0.3, -0.25) is 4.68 Å². The number of hydrogen-bond donors (Lipinski definition) is 0. The van der Waals surface area contributed by atoms with Crippen molar-refractivity contribution in [2.45, 2.75) is 6.54 Å². The second kappa shape index (κ2) is 3.85. The highest BCUT2D eigenvalue weighted by atomic mass is 35.5. The molecule has 17 heavy (non-hydrogen) atoms. The topological polar surface area (TPSA) is 48.5 Å². The number of fused-ring (bicyclic) bond motifs is 1. The van der Waals surface area contributed by atoms with Crippen LogP contribution in [0, 0.1) is 0 Å². The number of aryl methyl sites for hydroxylation is 1. The first-order valence-electron chi connectivity index (χ1n) is 5.18. The lowest BCUT2D eigenvalue weighted by molar-refractivity contribution is 0.672. The quantitative estimate of drug-likeness (QED) is 0.650. The highest BCUT2D eigenvalue weighted by molar-refractivity contribution is 6.29. The van der Waals surface area contributed by atoms with Crippen LogP contribution in [0.1, 0.15) is 5.69 Å². The third-order valence-electron chi connectivity index (χ3n) is 2.68. The number of halogens is 1. The van der Waals surface area contributed by atoms with Crippen LogP contribution in [0.3, 0.4) is 0 Å². The van der Waals surface area contributed by atoms with Crippen LogP contribution in [0.25, 0.3) is 11.2 Å². The van der Waals surface area contributed by atoms with Crippen molar-refractivity contribution in [2.75, 3.05) is 0 Å². The molecule has 86 valence electrons. The lowest BCUT2D eigenvalue weighted by Crippen LogP contribution is -2.05. The Hall–Kier alpha value is -1.88. The minimum absolute atomic E-state index is 0.476. The van der Waals surface area contributed by atoms with Crippen molar-refractivity contribution in [2.24, 2.45) is 7.05 Å². The first-order valence-corrected chi connectivity index (χ1v) is 5.56. The fourth-order valence-electron chi connectivity index (χ4n) is 1.76. The summed E-state index contributed by atoms with van der Waals surface area (Å²) < 4.78 is 3.79. The van der Waals surface area contributed by atoms with Gasteiger partial charge in [-0.2, -0.15) is 5.10 Å². The molecule has 0 spiro atoms. The van der Waals surface area contributed by atoms with Gasteiger partial charge in [-0.25, -0.2) is 9.97 Å². The number of nitrogens with zero attached hydrogens (tertiary/aromatic N) is 5. The van der Waals surface area contributed by atoms with E-state index in [1.54, 1.807) is 18.6 Å². The Bertz CT molecular complexity index is 669. The number of hydrogen-bond acceptors (Lipinski definition) is 3. The van der Waals surface area contributed by atoms with Gasteiger partial charge in [-0.05, 0) is 18.2 Å². The van der Waals surface area contributed by atoms with Gasteiger partial charge in [-0.1, -0.05) is 11.6 Å². The highest BCUT2D eigenvalue weighted by Gasteiger charge is 2.07. The molecule has 0 aliphatic heterocycles. The minimum Gasteiger partial charge on any atom is -0.309 e. The van der Waals surface area contributed by atoms with Crippen molar-refractivity contribution in [3.8, 4) is 0 Å². The number of rotatable bonds is 2. The molecule has 0 aromatic carbocycles. The summed E-state index contributed by atoms with van der Waals surface area (Å²) in [6.07, 6.45) is 3.54. The second-order valence-electron chi connectivity index (χ2n) is 3.80. The molecule has 0 aliphatic rings. The van der Waals surface area contributed by atoms with E-state index in [1.165, 1.54) is 0 Å². The molecule has 0 saturated heterocycles. The third kappa shape index (κ3) is 1.78. The van der Waals surface area contributed by atoms with Crippen LogP contribution in [0.15, 0.2) is 30.7 Å². The van der Waals surface area contributed by atoms with Gasteiger partial charge in [0, 0.05) is 13.2 Å². The molecule has 5 nitrogen and oxygen atoms in total. The zero-order valence-corrected chi connectivity index (χ0v) is 9.96. The molecule has 0 amide bonds. The van der Waals surface area contributed by atoms with E-state index in [4.69, 9.17) is 11.6 Å². The summed E-state index contributed by atoms with van der Waals surface area (Å²) in [7, 11) is 1.91. The van der Waals surface area contributed by atoms with Gasteiger partial charge in [0.2, 0.25) is 0 Å². The highest BCUT2D eigenvalue weighted by Crippen LogP contribution is 2.15. The van der Waals surface area contributed by atoms with Gasteiger partial charge in [0.15, 0.2) is 5.65 Å². The Kier molecular flexibility index (Phi) is 2.33. The van der Waals surface area contributed by atoms with E-state index in [0.29, 0.717) is 11.7 Å². The largest absolute Gasteiger partial charge is 0.309 e. The fraction of sp³-hybridized carbons (Fsp3) is 0.182. The van der Waals surface area contributed by atoms with Crippen LogP contribution in [0.2, 0.25) is 5.15 Å². The Morgan fingerprint density at radius 2 is 2.18 bits per heavy atom. The zero-order valence-electron chi connectivity index (χ0n) is 9.21. The standard InChI is InChI=1S/C11H10ClN5/c1-16-8(4-5-14-16)6-17-7-13-9-2-3-10(12)15-11(9)17/h2-5,7H,6H2,1H3. The SMILES string of the molecule is Cn1nccc1Cn1cnc2ccc(Cl)nc21. The number of imidazole rings is 1. The third-order valence-corrected chi connectivity index (χ3v) is 2.89. The Morgan fingerprint density at radius 3 is 2.94 bits per heavy atom. The summed E-state index contributed by atoms with van der Waals surface area (Å²) in [5.74, 6) is 0. The molecule has 0 radical (unpaired) electrons. The minimum atomic E-state index is 0.476. The maximum atomic E-state index is 5.89. The van der Waals surface area contributed by atoms with Crippen LogP contribution in [0.4, 0.5) is 0 Å². The molecule has 0 N–H and O–H groups in total. The Morgan fingerprint density at radius 1 is 1.29 bits per heavy atom. The molecule has 3 aromatic rings. The van der Waals surface area contributed by atoms with E-state index in [2.05, 4.69) is 15.1 Å². The van der Waals surface area contributed by atoms with Gasteiger partial charge in [-0.15, -0.1) is 0 Å². The van der Waals surface area contributed by atoms with Crippen LogP contribution < -0.4 is 0 Å². The second-order valence-corrected chi connectivity index (χ2v) is 4.18. The summed E-state index contributed by atoms with van der Waals surface area (Å²) in [4.78, 5) is 8.56. The molecule has 6 heteroatoms. The maximum absolute atomic E-state index is 5.89. The lowest BCUT2D eigenvalue weighted by Gasteiger charge is -2.04. The summed E-state index contributed by atoms with van der Waals surface area (Å²) in [5.41, 5.74) is 2.72. The molecular weight excluding hydrogens is 238 g/mol. The first-order chi connectivity index (χ1) is 8.24. The van der Waals surface area contributed by atoms with Crippen molar-refractivity contribution < 1.29 is 0 Å². The average Bonchev–Trinajstić information content (AvgIpc) is 2.88. The molecule has 0 aliphatic carbocycles. The molecule has 0 fully saturated rings. The molecule has 3 heterocycles. The molecule has 0 atom stereocenters. The van der Waals surface area contributed by atoms with Gasteiger partial charge in [0.1, 0.15) is 10.7 Å². The fourth-order valence-corrected chi connectivity index (χ4v) is 1.91. The summed E-state index contributed by atoms with van der Waals surface area (Å²) >= 11 is 5.89. The van der Waals surface area contributed by atoms with E-state index in [-0.39, 0.29) is 0 Å². The monoisotopic (exact) mass is 247 g/mol. The van der Waals surface area contributed by atoms with Crippen LogP contribution in [0.5, 0.6) is 0 Å². The van der Waals surface area contributed by atoms with Crippen molar-refractivity contribution in [3.63, 3.8) is 0 Å². The smallest absolute Gasteiger partial charge is 0.161 e. The maximum Gasteiger partial charge on any atom is 0.161 e. The van der Waals surface area contributed by atoms with Gasteiger partial charge in [0.05, 0.1) is 18.6 Å². The molecule has 0 unspecified atom stereocenters. The van der Waals surface area contributed by atoms with Gasteiger partial charge in [0.25, 0.3) is 0 Å². The van der Waals surface area contributed by atoms with E-state index < -0.39 is 0 Å².